The SMILES string of the molecule is CC/C=C(\C)C(=O)Nc1ccc(OC)c(C)c1. The molecule has 0 fully saturated rings. The molecule has 1 amide bonds. The molecule has 0 unspecified atom stereocenters. The van der Waals surface area contributed by atoms with Crippen LogP contribution in [0.5, 0.6) is 5.75 Å². The largest absolute Gasteiger partial charge is 0.496 e. The van der Waals surface area contributed by atoms with Crippen LogP contribution in [0.4, 0.5) is 5.69 Å². The van der Waals surface area contributed by atoms with Gasteiger partial charge in [-0.2, -0.15) is 0 Å². The molecule has 0 spiro atoms. The minimum atomic E-state index is -0.0589. The lowest BCUT2D eigenvalue weighted by atomic mass is 10.2. The van der Waals surface area contributed by atoms with Gasteiger partial charge < -0.3 is 10.1 Å². The van der Waals surface area contributed by atoms with Gasteiger partial charge in [0.25, 0.3) is 5.91 Å². The van der Waals surface area contributed by atoms with Crippen molar-refractivity contribution < 1.29 is 9.53 Å². The zero-order valence-corrected chi connectivity index (χ0v) is 10.8. The van der Waals surface area contributed by atoms with Gasteiger partial charge in [0.1, 0.15) is 5.75 Å². The molecule has 1 aromatic carbocycles. The van der Waals surface area contributed by atoms with Crippen molar-refractivity contribution in [2.75, 3.05) is 12.4 Å². The minimum absolute atomic E-state index is 0.0589. The number of aryl methyl sites for hydroxylation is 1. The maximum Gasteiger partial charge on any atom is 0.250 e. The van der Waals surface area contributed by atoms with E-state index < -0.39 is 0 Å². The lowest BCUT2D eigenvalue weighted by Crippen LogP contribution is -2.12. The molecule has 0 radical (unpaired) electrons. The molecular weight excluding hydrogens is 214 g/mol. The fourth-order valence-electron chi connectivity index (χ4n) is 1.58. The predicted molar refractivity (Wildman–Crippen MR) is 70.4 cm³/mol. The lowest BCUT2D eigenvalue weighted by Gasteiger charge is -2.09. The maximum atomic E-state index is 11.8. The smallest absolute Gasteiger partial charge is 0.250 e. The van der Waals surface area contributed by atoms with Crippen LogP contribution in [0, 0.1) is 6.92 Å². The van der Waals surface area contributed by atoms with Crippen molar-refractivity contribution in [3.8, 4) is 5.75 Å². The molecule has 3 nitrogen and oxygen atoms in total. The first-order valence-corrected chi connectivity index (χ1v) is 5.71. The highest BCUT2D eigenvalue weighted by Gasteiger charge is 2.05. The van der Waals surface area contributed by atoms with Crippen LogP contribution in [0.2, 0.25) is 0 Å². The highest BCUT2D eigenvalue weighted by atomic mass is 16.5. The van der Waals surface area contributed by atoms with Crippen molar-refractivity contribution in [1.82, 2.24) is 0 Å². The number of allylic oxidation sites excluding steroid dienone is 1. The number of benzene rings is 1. The Labute approximate surface area is 102 Å². The van der Waals surface area contributed by atoms with Crippen molar-refractivity contribution in [2.24, 2.45) is 0 Å². The monoisotopic (exact) mass is 233 g/mol. The molecule has 0 aliphatic rings. The van der Waals surface area contributed by atoms with Gasteiger partial charge in [0.15, 0.2) is 0 Å². The summed E-state index contributed by atoms with van der Waals surface area (Å²) in [7, 11) is 1.63. The van der Waals surface area contributed by atoms with Crippen LogP contribution in [0.3, 0.4) is 0 Å². The number of carbonyl (C=O) groups excluding carboxylic acids is 1. The molecule has 1 rings (SSSR count). The van der Waals surface area contributed by atoms with Crippen LogP contribution in [-0.2, 0) is 4.79 Å². The van der Waals surface area contributed by atoms with Gasteiger partial charge in [-0.05, 0) is 44.0 Å². The summed E-state index contributed by atoms with van der Waals surface area (Å²) in [6.07, 6.45) is 2.77. The molecule has 0 heterocycles. The molecule has 0 saturated heterocycles. The first-order valence-electron chi connectivity index (χ1n) is 5.71. The van der Waals surface area contributed by atoms with Crippen LogP contribution in [-0.4, -0.2) is 13.0 Å². The second kappa shape index (κ2) is 6.09. The van der Waals surface area contributed by atoms with E-state index in [-0.39, 0.29) is 5.91 Å². The summed E-state index contributed by atoms with van der Waals surface area (Å²) in [4.78, 5) is 11.8. The van der Waals surface area contributed by atoms with Crippen molar-refractivity contribution in [2.45, 2.75) is 27.2 Å². The number of rotatable bonds is 4. The van der Waals surface area contributed by atoms with E-state index in [1.807, 2.05) is 45.0 Å². The first-order chi connectivity index (χ1) is 8.08. The number of hydrogen-bond donors (Lipinski definition) is 1. The van der Waals surface area contributed by atoms with E-state index in [4.69, 9.17) is 4.74 Å². The summed E-state index contributed by atoms with van der Waals surface area (Å²) in [6, 6.07) is 5.59. The highest BCUT2D eigenvalue weighted by Crippen LogP contribution is 2.21. The molecule has 1 N–H and O–H groups in total. The third kappa shape index (κ3) is 3.63. The summed E-state index contributed by atoms with van der Waals surface area (Å²) < 4.78 is 5.17. The van der Waals surface area contributed by atoms with Crippen molar-refractivity contribution in [3.63, 3.8) is 0 Å². The molecule has 0 atom stereocenters. The van der Waals surface area contributed by atoms with Crippen LogP contribution in [0.15, 0.2) is 29.8 Å². The van der Waals surface area contributed by atoms with Crippen molar-refractivity contribution in [1.29, 1.82) is 0 Å². The Morgan fingerprint density at radius 2 is 2.18 bits per heavy atom. The Morgan fingerprint density at radius 1 is 1.47 bits per heavy atom. The van der Waals surface area contributed by atoms with Crippen LogP contribution < -0.4 is 10.1 Å². The molecule has 0 aromatic heterocycles. The van der Waals surface area contributed by atoms with Gasteiger partial charge in [0.2, 0.25) is 0 Å². The average Bonchev–Trinajstić information content (AvgIpc) is 2.29. The van der Waals surface area contributed by atoms with E-state index in [0.29, 0.717) is 0 Å². The topological polar surface area (TPSA) is 38.3 Å². The molecule has 0 bridgehead atoms. The molecular formula is C14H19NO2. The number of carbonyl (C=O) groups is 1. The van der Waals surface area contributed by atoms with Gasteiger partial charge in [0, 0.05) is 11.3 Å². The summed E-state index contributed by atoms with van der Waals surface area (Å²) in [5.74, 6) is 0.764. The number of methoxy groups -OCH3 is 1. The van der Waals surface area contributed by atoms with E-state index in [9.17, 15) is 4.79 Å². The van der Waals surface area contributed by atoms with Gasteiger partial charge in [0.05, 0.1) is 7.11 Å². The molecule has 0 saturated carbocycles. The van der Waals surface area contributed by atoms with Crippen molar-refractivity contribution in [3.05, 3.63) is 35.4 Å². The summed E-state index contributed by atoms with van der Waals surface area (Å²) in [5, 5.41) is 2.86. The number of hydrogen-bond acceptors (Lipinski definition) is 2. The summed E-state index contributed by atoms with van der Waals surface area (Å²) >= 11 is 0. The van der Waals surface area contributed by atoms with Crippen LogP contribution in [0.25, 0.3) is 0 Å². The lowest BCUT2D eigenvalue weighted by molar-refractivity contribution is -0.112. The fraction of sp³-hybridized carbons (Fsp3) is 0.357. The van der Waals surface area contributed by atoms with Gasteiger partial charge in [-0.3, -0.25) is 4.79 Å². The Balaban J connectivity index is 2.79. The molecule has 0 aliphatic heterocycles. The number of anilines is 1. The number of amides is 1. The molecule has 92 valence electrons. The third-order valence-electron chi connectivity index (χ3n) is 2.52. The molecule has 3 heteroatoms. The summed E-state index contributed by atoms with van der Waals surface area (Å²) in [6.45, 7) is 5.77. The van der Waals surface area contributed by atoms with E-state index in [0.717, 1.165) is 29.0 Å². The average molecular weight is 233 g/mol. The Hall–Kier alpha value is -1.77. The fourth-order valence-corrected chi connectivity index (χ4v) is 1.58. The second-order valence-electron chi connectivity index (χ2n) is 3.93. The first kappa shape index (κ1) is 13.3. The quantitative estimate of drug-likeness (QED) is 0.810. The Morgan fingerprint density at radius 3 is 2.71 bits per heavy atom. The highest BCUT2D eigenvalue weighted by molar-refractivity contribution is 6.03. The Kier molecular flexibility index (Phi) is 4.76. The van der Waals surface area contributed by atoms with Crippen LogP contribution >= 0.6 is 0 Å². The van der Waals surface area contributed by atoms with E-state index in [1.165, 1.54) is 0 Å². The maximum absolute atomic E-state index is 11.8. The minimum Gasteiger partial charge on any atom is -0.496 e. The Bertz CT molecular complexity index is 436. The van der Waals surface area contributed by atoms with Gasteiger partial charge in [-0.25, -0.2) is 0 Å². The van der Waals surface area contributed by atoms with Crippen molar-refractivity contribution >= 4 is 11.6 Å². The number of ether oxygens (including phenoxy) is 1. The van der Waals surface area contributed by atoms with E-state index in [2.05, 4.69) is 5.32 Å². The zero-order valence-electron chi connectivity index (χ0n) is 10.8. The normalized spacial score (nSPS) is 11.2. The predicted octanol–water partition coefficient (Wildman–Crippen LogP) is 3.30. The van der Waals surface area contributed by atoms with Gasteiger partial charge >= 0.3 is 0 Å². The molecule has 1 aromatic rings. The number of nitrogens with one attached hydrogen (secondary N) is 1. The molecule has 0 aliphatic carbocycles. The second-order valence-corrected chi connectivity index (χ2v) is 3.93. The standard InChI is InChI=1S/C14H19NO2/c1-5-6-10(2)14(16)15-12-7-8-13(17-4)11(3)9-12/h6-9H,5H2,1-4H3,(H,15,16)/b10-6+. The van der Waals surface area contributed by atoms with Gasteiger partial charge in [-0.1, -0.05) is 13.0 Å². The zero-order chi connectivity index (χ0) is 12.8. The van der Waals surface area contributed by atoms with E-state index >= 15 is 0 Å². The van der Waals surface area contributed by atoms with E-state index in [1.54, 1.807) is 7.11 Å². The molecule has 17 heavy (non-hydrogen) atoms. The third-order valence-corrected chi connectivity index (χ3v) is 2.52. The summed E-state index contributed by atoms with van der Waals surface area (Å²) in [5.41, 5.74) is 2.53. The van der Waals surface area contributed by atoms with Gasteiger partial charge in [-0.15, -0.1) is 0 Å². The van der Waals surface area contributed by atoms with Crippen LogP contribution in [0.1, 0.15) is 25.8 Å².